The highest BCUT2D eigenvalue weighted by Crippen LogP contribution is 2.25. The molecule has 0 atom stereocenters. The van der Waals surface area contributed by atoms with Crippen molar-refractivity contribution in [1.29, 1.82) is 0 Å². The van der Waals surface area contributed by atoms with Gasteiger partial charge in [-0.3, -0.25) is 4.79 Å². The number of nitrogens with one attached hydrogen (secondary N) is 1. The summed E-state index contributed by atoms with van der Waals surface area (Å²) >= 11 is 1.96. The standard InChI is InChI=1S/C13H17NO3S/c15-11-2-1-10(7-12(11)16)13(17)14-8-9-3-5-18-6-4-9/h1-2,7,9,15-16H,3-6,8H2,(H,14,17). The second kappa shape index (κ2) is 6.00. The Bertz CT molecular complexity index is 430. The lowest BCUT2D eigenvalue weighted by Gasteiger charge is -2.21. The van der Waals surface area contributed by atoms with Gasteiger partial charge < -0.3 is 15.5 Å². The molecule has 0 saturated carbocycles. The van der Waals surface area contributed by atoms with E-state index in [1.807, 2.05) is 11.8 Å². The van der Waals surface area contributed by atoms with Crippen LogP contribution in [0.25, 0.3) is 0 Å². The predicted molar refractivity (Wildman–Crippen MR) is 72.2 cm³/mol. The molecule has 1 fully saturated rings. The Kier molecular flexibility index (Phi) is 4.36. The third-order valence-electron chi connectivity index (χ3n) is 3.13. The van der Waals surface area contributed by atoms with Crippen molar-refractivity contribution in [2.75, 3.05) is 18.1 Å². The second-order valence-corrected chi connectivity index (χ2v) is 5.69. The van der Waals surface area contributed by atoms with Gasteiger partial charge in [0.25, 0.3) is 5.91 Å². The summed E-state index contributed by atoms with van der Waals surface area (Å²) < 4.78 is 0. The van der Waals surface area contributed by atoms with Crippen LogP contribution in [0.3, 0.4) is 0 Å². The van der Waals surface area contributed by atoms with Gasteiger partial charge in [-0.15, -0.1) is 0 Å². The smallest absolute Gasteiger partial charge is 0.251 e. The van der Waals surface area contributed by atoms with Gasteiger partial charge in [-0.25, -0.2) is 0 Å². The molecule has 18 heavy (non-hydrogen) atoms. The van der Waals surface area contributed by atoms with Crippen LogP contribution in [0.2, 0.25) is 0 Å². The van der Waals surface area contributed by atoms with Gasteiger partial charge in [-0.1, -0.05) is 0 Å². The van der Waals surface area contributed by atoms with Crippen molar-refractivity contribution in [2.45, 2.75) is 12.8 Å². The molecule has 0 radical (unpaired) electrons. The molecule has 2 rings (SSSR count). The summed E-state index contributed by atoms with van der Waals surface area (Å²) in [4.78, 5) is 11.8. The Hall–Kier alpha value is -1.36. The Labute approximate surface area is 110 Å². The van der Waals surface area contributed by atoms with Crippen LogP contribution in [-0.2, 0) is 0 Å². The van der Waals surface area contributed by atoms with Crippen molar-refractivity contribution >= 4 is 17.7 Å². The van der Waals surface area contributed by atoms with Gasteiger partial charge in [-0.05, 0) is 48.5 Å². The highest BCUT2D eigenvalue weighted by Gasteiger charge is 2.15. The van der Waals surface area contributed by atoms with E-state index >= 15 is 0 Å². The average Bonchev–Trinajstić information content (AvgIpc) is 2.40. The molecule has 5 heteroatoms. The van der Waals surface area contributed by atoms with E-state index in [1.54, 1.807) is 0 Å². The average molecular weight is 267 g/mol. The molecular formula is C13H17NO3S. The molecule has 0 bridgehead atoms. The molecule has 0 spiro atoms. The zero-order valence-electron chi connectivity index (χ0n) is 10.1. The third kappa shape index (κ3) is 3.32. The molecule has 3 N–H and O–H groups in total. The summed E-state index contributed by atoms with van der Waals surface area (Å²) in [5.74, 6) is 2.21. The first-order chi connectivity index (χ1) is 8.66. The normalized spacial score (nSPS) is 16.4. The van der Waals surface area contributed by atoms with Crippen LogP contribution >= 0.6 is 11.8 Å². The Morgan fingerprint density at radius 3 is 2.67 bits per heavy atom. The molecule has 1 aromatic carbocycles. The molecule has 1 heterocycles. The molecule has 98 valence electrons. The van der Waals surface area contributed by atoms with Gasteiger partial charge in [0.1, 0.15) is 0 Å². The van der Waals surface area contributed by atoms with E-state index in [0.29, 0.717) is 18.0 Å². The van der Waals surface area contributed by atoms with E-state index in [1.165, 1.54) is 29.7 Å². The highest BCUT2D eigenvalue weighted by atomic mass is 32.2. The first kappa shape index (κ1) is 13.1. The first-order valence-corrected chi connectivity index (χ1v) is 7.20. The lowest BCUT2D eigenvalue weighted by molar-refractivity contribution is 0.0946. The Balaban J connectivity index is 1.88. The summed E-state index contributed by atoms with van der Waals surface area (Å²) in [5.41, 5.74) is 0.371. The molecule has 0 aliphatic carbocycles. The molecule has 0 unspecified atom stereocenters. The molecule has 0 aromatic heterocycles. The molecule has 1 aliphatic rings. The fraction of sp³-hybridized carbons (Fsp3) is 0.462. The van der Waals surface area contributed by atoms with Crippen LogP contribution in [0.4, 0.5) is 0 Å². The van der Waals surface area contributed by atoms with Crippen LogP contribution in [0, 0.1) is 5.92 Å². The fourth-order valence-corrected chi connectivity index (χ4v) is 3.16. The van der Waals surface area contributed by atoms with E-state index in [9.17, 15) is 15.0 Å². The summed E-state index contributed by atoms with van der Waals surface area (Å²) in [6, 6.07) is 4.10. The van der Waals surface area contributed by atoms with Crippen molar-refractivity contribution in [3.8, 4) is 11.5 Å². The Morgan fingerprint density at radius 1 is 1.28 bits per heavy atom. The van der Waals surface area contributed by atoms with Gasteiger partial charge in [-0.2, -0.15) is 11.8 Å². The molecule has 1 aromatic rings. The van der Waals surface area contributed by atoms with E-state index in [4.69, 9.17) is 0 Å². The minimum absolute atomic E-state index is 0.205. The number of hydrogen-bond acceptors (Lipinski definition) is 4. The maximum atomic E-state index is 11.8. The van der Waals surface area contributed by atoms with Gasteiger partial charge in [0.2, 0.25) is 0 Å². The van der Waals surface area contributed by atoms with E-state index in [-0.39, 0.29) is 17.4 Å². The van der Waals surface area contributed by atoms with Crippen LogP contribution in [0.1, 0.15) is 23.2 Å². The van der Waals surface area contributed by atoms with Crippen LogP contribution in [-0.4, -0.2) is 34.2 Å². The maximum Gasteiger partial charge on any atom is 0.251 e. The van der Waals surface area contributed by atoms with Crippen molar-refractivity contribution < 1.29 is 15.0 Å². The molecular weight excluding hydrogens is 250 g/mol. The number of phenolic OH excluding ortho intramolecular Hbond substituents is 2. The summed E-state index contributed by atoms with van der Waals surface area (Å²) in [5, 5.41) is 21.4. The van der Waals surface area contributed by atoms with E-state index in [0.717, 1.165) is 12.8 Å². The zero-order chi connectivity index (χ0) is 13.0. The maximum absolute atomic E-state index is 11.8. The number of rotatable bonds is 3. The second-order valence-electron chi connectivity index (χ2n) is 4.47. The predicted octanol–water partition coefficient (Wildman–Crippen LogP) is 1.97. The lowest BCUT2D eigenvalue weighted by atomic mass is 10.0. The largest absolute Gasteiger partial charge is 0.504 e. The SMILES string of the molecule is O=C(NCC1CCSCC1)c1ccc(O)c(O)c1. The van der Waals surface area contributed by atoms with Crippen LogP contribution in [0.5, 0.6) is 11.5 Å². The third-order valence-corrected chi connectivity index (χ3v) is 4.18. The van der Waals surface area contributed by atoms with Gasteiger partial charge in [0, 0.05) is 12.1 Å². The number of hydrogen-bond donors (Lipinski definition) is 3. The highest BCUT2D eigenvalue weighted by molar-refractivity contribution is 7.99. The molecule has 1 aliphatic heterocycles. The number of benzene rings is 1. The zero-order valence-corrected chi connectivity index (χ0v) is 10.9. The lowest BCUT2D eigenvalue weighted by Crippen LogP contribution is -2.30. The minimum atomic E-state index is -0.267. The number of thioether (sulfide) groups is 1. The number of carbonyl (C=O) groups excluding carboxylic acids is 1. The van der Waals surface area contributed by atoms with Crippen LogP contribution < -0.4 is 5.32 Å². The summed E-state index contributed by atoms with van der Waals surface area (Å²) in [6.07, 6.45) is 2.29. The number of carbonyl (C=O) groups is 1. The van der Waals surface area contributed by atoms with Gasteiger partial charge in [0.15, 0.2) is 11.5 Å². The quantitative estimate of drug-likeness (QED) is 0.732. The number of aromatic hydroxyl groups is 2. The molecule has 4 nitrogen and oxygen atoms in total. The number of amides is 1. The topological polar surface area (TPSA) is 69.6 Å². The van der Waals surface area contributed by atoms with Crippen molar-refractivity contribution in [1.82, 2.24) is 5.32 Å². The monoisotopic (exact) mass is 267 g/mol. The van der Waals surface area contributed by atoms with E-state index < -0.39 is 0 Å². The number of phenols is 2. The molecule has 1 saturated heterocycles. The van der Waals surface area contributed by atoms with Crippen molar-refractivity contribution in [3.63, 3.8) is 0 Å². The summed E-state index contributed by atoms with van der Waals surface area (Å²) in [7, 11) is 0. The van der Waals surface area contributed by atoms with Gasteiger partial charge in [0.05, 0.1) is 0 Å². The van der Waals surface area contributed by atoms with Crippen molar-refractivity contribution in [2.24, 2.45) is 5.92 Å². The summed E-state index contributed by atoms with van der Waals surface area (Å²) in [6.45, 7) is 0.682. The first-order valence-electron chi connectivity index (χ1n) is 6.05. The van der Waals surface area contributed by atoms with E-state index in [2.05, 4.69) is 5.32 Å². The fourth-order valence-electron chi connectivity index (χ4n) is 1.95. The minimum Gasteiger partial charge on any atom is -0.504 e. The van der Waals surface area contributed by atoms with Gasteiger partial charge >= 0.3 is 0 Å². The van der Waals surface area contributed by atoms with Crippen LogP contribution in [0.15, 0.2) is 18.2 Å². The molecule has 1 amide bonds. The van der Waals surface area contributed by atoms with Crippen molar-refractivity contribution in [3.05, 3.63) is 23.8 Å². The Morgan fingerprint density at radius 2 is 2.00 bits per heavy atom.